The Morgan fingerprint density at radius 1 is 1.16 bits per heavy atom. The number of pyridine rings is 1. The number of anilines is 1. The average Bonchev–Trinajstić information content (AvgIpc) is 2.82. The van der Waals surface area contributed by atoms with Crippen LogP contribution in [0.4, 0.5) is 5.69 Å². The molecule has 0 saturated carbocycles. The summed E-state index contributed by atoms with van der Waals surface area (Å²) in [4.78, 5) is 2.33. The molecule has 0 N–H and O–H groups in total. The average molecular weight is 260 g/mol. The molecular formula is C14H20N4O. The van der Waals surface area contributed by atoms with Crippen molar-refractivity contribution in [2.24, 2.45) is 0 Å². The minimum atomic E-state index is -0.000102. The Kier molecular flexibility index (Phi) is 2.93. The van der Waals surface area contributed by atoms with Gasteiger partial charge >= 0.3 is 0 Å². The molecule has 1 aliphatic heterocycles. The van der Waals surface area contributed by atoms with E-state index in [-0.39, 0.29) is 5.41 Å². The summed E-state index contributed by atoms with van der Waals surface area (Å²) in [6.45, 7) is 9.93. The van der Waals surface area contributed by atoms with Crippen molar-refractivity contribution in [2.75, 3.05) is 31.2 Å². The SMILES string of the molecule is CC(C)(C)c1nnc2cc(N3CCOCC3)ccn12. The summed E-state index contributed by atoms with van der Waals surface area (Å²) in [5.41, 5.74) is 2.11. The van der Waals surface area contributed by atoms with Gasteiger partial charge in [-0.25, -0.2) is 0 Å². The number of hydrogen-bond donors (Lipinski definition) is 0. The van der Waals surface area contributed by atoms with Gasteiger partial charge in [-0.15, -0.1) is 10.2 Å². The minimum Gasteiger partial charge on any atom is -0.378 e. The van der Waals surface area contributed by atoms with Crippen LogP contribution in [0.3, 0.4) is 0 Å². The van der Waals surface area contributed by atoms with E-state index >= 15 is 0 Å². The molecule has 0 atom stereocenters. The van der Waals surface area contributed by atoms with E-state index in [0.29, 0.717) is 0 Å². The highest BCUT2D eigenvalue weighted by molar-refractivity contribution is 5.56. The van der Waals surface area contributed by atoms with Crippen LogP contribution >= 0.6 is 0 Å². The van der Waals surface area contributed by atoms with E-state index in [4.69, 9.17) is 4.74 Å². The largest absolute Gasteiger partial charge is 0.378 e. The first-order valence-corrected chi connectivity index (χ1v) is 6.74. The molecule has 1 aliphatic rings. The van der Waals surface area contributed by atoms with Crippen molar-refractivity contribution in [3.8, 4) is 0 Å². The molecule has 1 fully saturated rings. The summed E-state index contributed by atoms with van der Waals surface area (Å²) in [6.07, 6.45) is 2.07. The van der Waals surface area contributed by atoms with Gasteiger partial charge in [-0.3, -0.25) is 4.40 Å². The van der Waals surface area contributed by atoms with E-state index in [1.807, 2.05) is 0 Å². The lowest BCUT2D eigenvalue weighted by Gasteiger charge is -2.28. The lowest BCUT2D eigenvalue weighted by Crippen LogP contribution is -2.36. The van der Waals surface area contributed by atoms with Crippen molar-refractivity contribution in [2.45, 2.75) is 26.2 Å². The third-order valence-corrected chi connectivity index (χ3v) is 3.44. The van der Waals surface area contributed by atoms with E-state index < -0.39 is 0 Å². The Hall–Kier alpha value is -1.62. The normalized spacial score (nSPS) is 17.1. The van der Waals surface area contributed by atoms with Gasteiger partial charge in [0.25, 0.3) is 0 Å². The fourth-order valence-electron chi connectivity index (χ4n) is 2.41. The third-order valence-electron chi connectivity index (χ3n) is 3.44. The van der Waals surface area contributed by atoms with Gasteiger partial charge in [0, 0.05) is 36.5 Å². The van der Waals surface area contributed by atoms with Gasteiger partial charge in [0.1, 0.15) is 5.82 Å². The summed E-state index contributed by atoms with van der Waals surface area (Å²) in [7, 11) is 0. The van der Waals surface area contributed by atoms with Crippen LogP contribution in [0.2, 0.25) is 0 Å². The number of rotatable bonds is 1. The standard InChI is InChI=1S/C14H20N4O/c1-14(2,3)13-16-15-12-10-11(4-5-18(12)13)17-6-8-19-9-7-17/h4-5,10H,6-9H2,1-3H3. The molecule has 3 rings (SSSR count). The van der Waals surface area contributed by atoms with Crippen molar-refractivity contribution in [1.82, 2.24) is 14.6 Å². The van der Waals surface area contributed by atoms with E-state index in [0.717, 1.165) is 37.8 Å². The van der Waals surface area contributed by atoms with Crippen LogP contribution in [0.15, 0.2) is 18.3 Å². The van der Waals surface area contributed by atoms with Crippen LogP contribution < -0.4 is 4.90 Å². The van der Waals surface area contributed by atoms with Gasteiger partial charge in [-0.1, -0.05) is 20.8 Å². The number of nitrogens with zero attached hydrogens (tertiary/aromatic N) is 4. The van der Waals surface area contributed by atoms with E-state index in [1.54, 1.807) is 0 Å². The molecule has 102 valence electrons. The van der Waals surface area contributed by atoms with E-state index in [1.165, 1.54) is 5.69 Å². The molecule has 19 heavy (non-hydrogen) atoms. The first-order valence-electron chi connectivity index (χ1n) is 6.74. The van der Waals surface area contributed by atoms with Crippen molar-refractivity contribution < 1.29 is 4.74 Å². The van der Waals surface area contributed by atoms with Crippen molar-refractivity contribution in [3.05, 3.63) is 24.2 Å². The predicted molar refractivity (Wildman–Crippen MR) is 74.7 cm³/mol. The second-order valence-electron chi connectivity index (χ2n) is 5.99. The molecule has 2 aromatic heterocycles. The molecule has 0 bridgehead atoms. The fourth-order valence-corrected chi connectivity index (χ4v) is 2.41. The maximum Gasteiger partial charge on any atom is 0.162 e. The Morgan fingerprint density at radius 3 is 2.58 bits per heavy atom. The van der Waals surface area contributed by atoms with Gasteiger partial charge in [0.15, 0.2) is 5.65 Å². The van der Waals surface area contributed by atoms with Gasteiger partial charge in [0.2, 0.25) is 0 Å². The topological polar surface area (TPSA) is 42.7 Å². The van der Waals surface area contributed by atoms with Crippen LogP contribution in [-0.2, 0) is 10.2 Å². The van der Waals surface area contributed by atoms with Crippen LogP contribution in [0.5, 0.6) is 0 Å². The zero-order valence-electron chi connectivity index (χ0n) is 11.8. The Balaban J connectivity index is 1.98. The highest BCUT2D eigenvalue weighted by Crippen LogP contribution is 2.23. The molecule has 1 saturated heterocycles. The van der Waals surface area contributed by atoms with Gasteiger partial charge < -0.3 is 9.64 Å². The smallest absolute Gasteiger partial charge is 0.162 e. The lowest BCUT2D eigenvalue weighted by atomic mass is 9.96. The van der Waals surface area contributed by atoms with Crippen LogP contribution in [0.25, 0.3) is 5.65 Å². The highest BCUT2D eigenvalue weighted by Gasteiger charge is 2.21. The van der Waals surface area contributed by atoms with Gasteiger partial charge in [0.05, 0.1) is 13.2 Å². The quantitative estimate of drug-likeness (QED) is 0.785. The molecule has 5 nitrogen and oxygen atoms in total. The fraction of sp³-hybridized carbons (Fsp3) is 0.571. The molecule has 2 aromatic rings. The Bertz CT molecular complexity index is 579. The van der Waals surface area contributed by atoms with Crippen LogP contribution in [0, 0.1) is 0 Å². The lowest BCUT2D eigenvalue weighted by molar-refractivity contribution is 0.122. The predicted octanol–water partition coefficient (Wildman–Crippen LogP) is 1.86. The van der Waals surface area contributed by atoms with Crippen molar-refractivity contribution in [1.29, 1.82) is 0 Å². The number of morpholine rings is 1. The van der Waals surface area contributed by atoms with Crippen LogP contribution in [-0.4, -0.2) is 40.9 Å². The molecule has 0 radical (unpaired) electrons. The van der Waals surface area contributed by atoms with E-state index in [2.05, 4.69) is 58.6 Å². The zero-order valence-corrected chi connectivity index (χ0v) is 11.8. The minimum absolute atomic E-state index is 0.000102. The van der Waals surface area contributed by atoms with E-state index in [9.17, 15) is 0 Å². The summed E-state index contributed by atoms with van der Waals surface area (Å²) < 4.78 is 7.46. The second-order valence-corrected chi connectivity index (χ2v) is 5.99. The maximum absolute atomic E-state index is 5.38. The maximum atomic E-state index is 5.38. The van der Waals surface area contributed by atoms with Crippen LogP contribution in [0.1, 0.15) is 26.6 Å². The first kappa shape index (κ1) is 12.4. The van der Waals surface area contributed by atoms with Crippen molar-refractivity contribution >= 4 is 11.3 Å². The van der Waals surface area contributed by atoms with Gasteiger partial charge in [-0.05, 0) is 6.07 Å². The molecular weight excluding hydrogens is 240 g/mol. The molecule has 0 aromatic carbocycles. The van der Waals surface area contributed by atoms with Crippen molar-refractivity contribution in [3.63, 3.8) is 0 Å². The monoisotopic (exact) mass is 260 g/mol. The Labute approximate surface area is 113 Å². The Morgan fingerprint density at radius 2 is 1.89 bits per heavy atom. The zero-order chi connectivity index (χ0) is 13.5. The summed E-state index contributed by atoms with van der Waals surface area (Å²) in [5.74, 6) is 0.996. The second kappa shape index (κ2) is 4.49. The summed E-state index contributed by atoms with van der Waals surface area (Å²) in [5, 5.41) is 8.62. The van der Waals surface area contributed by atoms with Gasteiger partial charge in [-0.2, -0.15) is 0 Å². The molecule has 0 spiro atoms. The molecule has 3 heterocycles. The number of fused-ring (bicyclic) bond motifs is 1. The summed E-state index contributed by atoms with van der Waals surface area (Å²) >= 11 is 0. The highest BCUT2D eigenvalue weighted by atomic mass is 16.5. The summed E-state index contributed by atoms with van der Waals surface area (Å²) in [6, 6.07) is 4.24. The molecule has 5 heteroatoms. The number of ether oxygens (including phenoxy) is 1. The first-order chi connectivity index (χ1) is 9.05. The number of aromatic nitrogens is 3. The third kappa shape index (κ3) is 2.30. The molecule has 0 amide bonds. The molecule has 0 aliphatic carbocycles. The molecule has 0 unspecified atom stereocenters. The number of hydrogen-bond acceptors (Lipinski definition) is 4.